The lowest BCUT2D eigenvalue weighted by Crippen LogP contribution is -2.50. The molecule has 1 aromatic carbocycles. The van der Waals surface area contributed by atoms with E-state index in [0.29, 0.717) is 0 Å². The summed E-state index contributed by atoms with van der Waals surface area (Å²) >= 11 is 2.12. The first-order valence-corrected chi connectivity index (χ1v) is 10.6. The number of thioether (sulfide) groups is 1. The van der Waals surface area contributed by atoms with Crippen LogP contribution in [0.3, 0.4) is 0 Å². The van der Waals surface area contributed by atoms with Gasteiger partial charge in [-0.05, 0) is 29.9 Å². The highest BCUT2D eigenvalue weighted by atomic mass is 32.2. The number of benzene rings is 1. The summed E-state index contributed by atoms with van der Waals surface area (Å²) in [7, 11) is 0. The molecule has 25 heavy (non-hydrogen) atoms. The molecule has 4 nitrogen and oxygen atoms in total. The SMILES string of the molecule is c1ccc(Cn2ccnc2CN2CCN(C3CCSCC3)CC2)cc1. The van der Waals surface area contributed by atoms with Crippen molar-refractivity contribution in [2.45, 2.75) is 32.0 Å². The minimum Gasteiger partial charge on any atom is -0.329 e. The van der Waals surface area contributed by atoms with Gasteiger partial charge in [-0.1, -0.05) is 30.3 Å². The van der Waals surface area contributed by atoms with Crippen LogP contribution in [0.25, 0.3) is 0 Å². The van der Waals surface area contributed by atoms with Crippen LogP contribution < -0.4 is 0 Å². The molecule has 0 radical (unpaired) electrons. The number of nitrogens with zero attached hydrogens (tertiary/aromatic N) is 4. The zero-order chi connectivity index (χ0) is 16.9. The Bertz CT molecular complexity index is 643. The van der Waals surface area contributed by atoms with Crippen molar-refractivity contribution in [1.29, 1.82) is 0 Å². The Morgan fingerprint density at radius 2 is 1.72 bits per heavy atom. The van der Waals surface area contributed by atoms with Gasteiger partial charge in [-0.3, -0.25) is 9.80 Å². The van der Waals surface area contributed by atoms with Crippen LogP contribution in [0.5, 0.6) is 0 Å². The van der Waals surface area contributed by atoms with E-state index in [-0.39, 0.29) is 0 Å². The Morgan fingerprint density at radius 1 is 0.960 bits per heavy atom. The summed E-state index contributed by atoms with van der Waals surface area (Å²) in [5, 5.41) is 0. The van der Waals surface area contributed by atoms with Crippen molar-refractivity contribution in [2.75, 3.05) is 37.7 Å². The Labute approximate surface area is 155 Å². The van der Waals surface area contributed by atoms with Gasteiger partial charge in [0.1, 0.15) is 5.82 Å². The molecule has 0 saturated carbocycles. The third-order valence-electron chi connectivity index (χ3n) is 5.48. The summed E-state index contributed by atoms with van der Waals surface area (Å²) in [5.41, 5.74) is 1.33. The summed E-state index contributed by atoms with van der Waals surface area (Å²) in [4.78, 5) is 9.92. The maximum atomic E-state index is 4.62. The molecule has 0 spiro atoms. The maximum Gasteiger partial charge on any atom is 0.123 e. The molecule has 0 N–H and O–H groups in total. The van der Waals surface area contributed by atoms with Crippen LogP contribution in [0.15, 0.2) is 42.7 Å². The normalized spacial score (nSPS) is 20.8. The third-order valence-corrected chi connectivity index (χ3v) is 6.53. The van der Waals surface area contributed by atoms with E-state index in [0.717, 1.165) is 19.1 Å². The van der Waals surface area contributed by atoms with Crippen molar-refractivity contribution in [3.05, 3.63) is 54.1 Å². The van der Waals surface area contributed by atoms with Gasteiger partial charge in [0.2, 0.25) is 0 Å². The van der Waals surface area contributed by atoms with Gasteiger partial charge in [-0.15, -0.1) is 0 Å². The van der Waals surface area contributed by atoms with Gasteiger partial charge in [-0.25, -0.2) is 4.98 Å². The number of hydrogen-bond acceptors (Lipinski definition) is 4. The average molecular weight is 357 g/mol. The highest BCUT2D eigenvalue weighted by molar-refractivity contribution is 7.99. The predicted octanol–water partition coefficient (Wildman–Crippen LogP) is 2.94. The lowest BCUT2D eigenvalue weighted by Gasteiger charge is -2.40. The molecule has 0 amide bonds. The van der Waals surface area contributed by atoms with Gasteiger partial charge in [0, 0.05) is 51.2 Å². The van der Waals surface area contributed by atoms with Crippen molar-refractivity contribution in [1.82, 2.24) is 19.4 Å². The lowest BCUT2D eigenvalue weighted by molar-refractivity contribution is 0.0859. The molecule has 134 valence electrons. The fourth-order valence-electron chi connectivity index (χ4n) is 3.95. The fraction of sp³-hybridized carbons (Fsp3) is 0.550. The Kier molecular flexibility index (Phi) is 5.75. The molecule has 5 heteroatoms. The van der Waals surface area contributed by atoms with E-state index in [9.17, 15) is 0 Å². The Balaban J connectivity index is 1.31. The minimum absolute atomic E-state index is 0.837. The van der Waals surface area contributed by atoms with E-state index in [4.69, 9.17) is 0 Å². The van der Waals surface area contributed by atoms with Crippen molar-refractivity contribution >= 4 is 11.8 Å². The van der Waals surface area contributed by atoms with Crippen LogP contribution >= 0.6 is 11.8 Å². The van der Waals surface area contributed by atoms with Crippen LogP contribution in [0.1, 0.15) is 24.2 Å². The molecular weight excluding hydrogens is 328 g/mol. The maximum absolute atomic E-state index is 4.62. The zero-order valence-corrected chi connectivity index (χ0v) is 15.7. The van der Waals surface area contributed by atoms with Gasteiger partial charge in [0.25, 0.3) is 0 Å². The van der Waals surface area contributed by atoms with Crippen molar-refractivity contribution in [3.63, 3.8) is 0 Å². The largest absolute Gasteiger partial charge is 0.329 e. The summed E-state index contributed by atoms with van der Waals surface area (Å²) in [6, 6.07) is 11.5. The first kappa shape index (κ1) is 17.1. The predicted molar refractivity (Wildman–Crippen MR) is 105 cm³/mol. The monoisotopic (exact) mass is 356 g/mol. The molecule has 0 unspecified atom stereocenters. The van der Waals surface area contributed by atoms with E-state index < -0.39 is 0 Å². The van der Waals surface area contributed by atoms with Gasteiger partial charge in [-0.2, -0.15) is 11.8 Å². The van der Waals surface area contributed by atoms with Crippen LogP contribution in [0, 0.1) is 0 Å². The van der Waals surface area contributed by atoms with Crippen LogP contribution in [0.2, 0.25) is 0 Å². The molecular formula is C20H28N4S. The quantitative estimate of drug-likeness (QED) is 0.822. The van der Waals surface area contributed by atoms with E-state index in [1.807, 2.05) is 6.20 Å². The molecule has 2 fully saturated rings. The fourth-order valence-corrected chi connectivity index (χ4v) is 5.03. The molecule has 4 rings (SSSR count). The van der Waals surface area contributed by atoms with E-state index in [1.165, 1.54) is 61.9 Å². The number of hydrogen-bond donors (Lipinski definition) is 0. The molecule has 2 aliphatic rings. The minimum atomic E-state index is 0.837. The van der Waals surface area contributed by atoms with Crippen molar-refractivity contribution in [2.24, 2.45) is 0 Å². The van der Waals surface area contributed by atoms with E-state index in [1.54, 1.807) is 0 Å². The number of imidazole rings is 1. The first-order chi connectivity index (χ1) is 12.4. The van der Waals surface area contributed by atoms with Crippen LogP contribution in [-0.2, 0) is 13.1 Å². The standard InChI is InChI=1S/C20H28N4S/c1-2-4-18(5-3-1)16-24-9-8-21-20(24)17-22-10-12-23(13-11-22)19-6-14-25-15-7-19/h1-5,8-9,19H,6-7,10-17H2. The Hall–Kier alpha value is -1.30. The van der Waals surface area contributed by atoms with Gasteiger partial charge < -0.3 is 4.57 Å². The van der Waals surface area contributed by atoms with Crippen LogP contribution in [0.4, 0.5) is 0 Å². The topological polar surface area (TPSA) is 24.3 Å². The second-order valence-electron chi connectivity index (χ2n) is 7.11. The molecule has 2 aromatic rings. The molecule has 0 bridgehead atoms. The second kappa shape index (κ2) is 8.39. The third kappa shape index (κ3) is 4.46. The van der Waals surface area contributed by atoms with Gasteiger partial charge >= 0.3 is 0 Å². The molecule has 2 aliphatic heterocycles. The van der Waals surface area contributed by atoms with Crippen LogP contribution in [-0.4, -0.2) is 63.1 Å². The number of rotatable bonds is 5. The number of aromatic nitrogens is 2. The summed E-state index contributed by atoms with van der Waals surface area (Å²) in [6.07, 6.45) is 6.81. The molecule has 1 aromatic heterocycles. The summed E-state index contributed by atoms with van der Waals surface area (Å²) in [6.45, 7) is 6.65. The molecule has 0 aliphatic carbocycles. The highest BCUT2D eigenvalue weighted by Gasteiger charge is 2.25. The van der Waals surface area contributed by atoms with Crippen molar-refractivity contribution < 1.29 is 0 Å². The van der Waals surface area contributed by atoms with E-state index >= 15 is 0 Å². The first-order valence-electron chi connectivity index (χ1n) is 9.46. The Morgan fingerprint density at radius 3 is 2.48 bits per heavy atom. The zero-order valence-electron chi connectivity index (χ0n) is 14.9. The highest BCUT2D eigenvalue weighted by Crippen LogP contribution is 2.23. The van der Waals surface area contributed by atoms with E-state index in [2.05, 4.69) is 67.6 Å². The molecule has 3 heterocycles. The van der Waals surface area contributed by atoms with Crippen molar-refractivity contribution in [3.8, 4) is 0 Å². The molecule has 2 saturated heterocycles. The average Bonchev–Trinajstić information content (AvgIpc) is 3.10. The summed E-state index contributed by atoms with van der Waals surface area (Å²) < 4.78 is 2.29. The number of piperazine rings is 1. The summed E-state index contributed by atoms with van der Waals surface area (Å²) in [5.74, 6) is 3.88. The molecule has 0 atom stereocenters. The lowest BCUT2D eigenvalue weighted by atomic mass is 10.1. The van der Waals surface area contributed by atoms with Gasteiger partial charge in [0.05, 0.1) is 6.54 Å². The van der Waals surface area contributed by atoms with Gasteiger partial charge in [0.15, 0.2) is 0 Å². The second-order valence-corrected chi connectivity index (χ2v) is 8.34. The smallest absolute Gasteiger partial charge is 0.123 e.